The molecule has 0 aliphatic heterocycles. The number of aliphatic carboxylic acids is 1. The van der Waals surface area contributed by atoms with E-state index in [4.69, 9.17) is 9.84 Å². The van der Waals surface area contributed by atoms with Crippen molar-refractivity contribution in [3.05, 3.63) is 65.2 Å². The summed E-state index contributed by atoms with van der Waals surface area (Å²) in [6.45, 7) is 3.95. The molecule has 0 saturated carbocycles. The van der Waals surface area contributed by atoms with E-state index in [1.165, 1.54) is 0 Å². The molecule has 3 nitrogen and oxygen atoms in total. The van der Waals surface area contributed by atoms with Crippen molar-refractivity contribution >= 4 is 12.0 Å². The van der Waals surface area contributed by atoms with Gasteiger partial charge in [0.15, 0.2) is 0 Å². The van der Waals surface area contributed by atoms with Gasteiger partial charge in [0.1, 0.15) is 11.5 Å². The summed E-state index contributed by atoms with van der Waals surface area (Å²) in [5.41, 5.74) is 2.90. The Bertz CT molecular complexity index is 657. The molecule has 2 rings (SSSR count). The van der Waals surface area contributed by atoms with Crippen molar-refractivity contribution in [1.82, 2.24) is 0 Å². The first-order valence-electron chi connectivity index (χ1n) is 6.31. The molecule has 0 aliphatic rings. The quantitative estimate of drug-likeness (QED) is 0.845. The molecule has 0 atom stereocenters. The molecule has 0 heterocycles. The van der Waals surface area contributed by atoms with Gasteiger partial charge in [0.05, 0.1) is 0 Å². The van der Waals surface area contributed by atoms with E-state index in [9.17, 15) is 4.79 Å². The number of carbonyl (C=O) groups is 1. The fourth-order valence-corrected chi connectivity index (χ4v) is 1.86. The van der Waals surface area contributed by atoms with Crippen LogP contribution in [0.5, 0.6) is 11.5 Å². The summed E-state index contributed by atoms with van der Waals surface area (Å²) in [5, 5.41) is 8.73. The molecule has 0 fully saturated rings. The van der Waals surface area contributed by atoms with E-state index in [2.05, 4.69) is 0 Å². The van der Waals surface area contributed by atoms with Crippen molar-refractivity contribution in [2.24, 2.45) is 0 Å². The van der Waals surface area contributed by atoms with Gasteiger partial charge < -0.3 is 9.84 Å². The molecule has 3 heteroatoms. The highest BCUT2D eigenvalue weighted by Crippen LogP contribution is 2.27. The summed E-state index contributed by atoms with van der Waals surface area (Å²) < 4.78 is 5.83. The molecule has 0 radical (unpaired) electrons. The van der Waals surface area contributed by atoms with Crippen molar-refractivity contribution < 1.29 is 14.6 Å². The Balaban J connectivity index is 2.33. The van der Waals surface area contributed by atoms with Crippen molar-refractivity contribution in [3.63, 3.8) is 0 Å². The summed E-state index contributed by atoms with van der Waals surface area (Å²) in [6, 6.07) is 13.4. The van der Waals surface area contributed by atoms with E-state index in [1.54, 1.807) is 6.08 Å². The van der Waals surface area contributed by atoms with Gasteiger partial charge in [-0.1, -0.05) is 23.8 Å². The SMILES string of the molecule is Cc1cccc(Oc2ccc(C)cc2/C=C/C(=O)O)c1. The van der Waals surface area contributed by atoms with E-state index in [-0.39, 0.29) is 0 Å². The number of carboxylic acid groups (broad SMARTS) is 1. The van der Waals surface area contributed by atoms with Crippen LogP contribution in [0, 0.1) is 13.8 Å². The zero-order valence-electron chi connectivity index (χ0n) is 11.5. The maximum absolute atomic E-state index is 10.6. The Kier molecular flexibility index (Phi) is 4.20. The van der Waals surface area contributed by atoms with Gasteiger partial charge in [0, 0.05) is 11.6 Å². The Morgan fingerprint density at radius 3 is 2.55 bits per heavy atom. The molecule has 0 saturated heterocycles. The van der Waals surface area contributed by atoms with Gasteiger partial charge in [-0.3, -0.25) is 0 Å². The number of benzene rings is 2. The first kappa shape index (κ1) is 13.9. The van der Waals surface area contributed by atoms with E-state index in [1.807, 2.05) is 56.3 Å². The van der Waals surface area contributed by atoms with Crippen LogP contribution in [0.15, 0.2) is 48.5 Å². The van der Waals surface area contributed by atoms with Crippen LogP contribution in [0.25, 0.3) is 6.08 Å². The van der Waals surface area contributed by atoms with Crippen molar-refractivity contribution in [1.29, 1.82) is 0 Å². The average molecular weight is 268 g/mol. The first-order chi connectivity index (χ1) is 9.54. The summed E-state index contributed by atoms with van der Waals surface area (Å²) in [5.74, 6) is 0.394. The molecule has 2 aromatic carbocycles. The van der Waals surface area contributed by atoms with Crippen LogP contribution in [0.4, 0.5) is 0 Å². The van der Waals surface area contributed by atoms with Gasteiger partial charge in [-0.05, 0) is 49.8 Å². The van der Waals surface area contributed by atoms with Gasteiger partial charge in [0.2, 0.25) is 0 Å². The van der Waals surface area contributed by atoms with Gasteiger partial charge >= 0.3 is 5.97 Å². The van der Waals surface area contributed by atoms with Crippen LogP contribution in [0.3, 0.4) is 0 Å². The number of hydrogen-bond acceptors (Lipinski definition) is 2. The van der Waals surface area contributed by atoms with Crippen LogP contribution in [-0.2, 0) is 4.79 Å². The summed E-state index contributed by atoms with van der Waals surface area (Å²) >= 11 is 0. The van der Waals surface area contributed by atoms with Crippen molar-refractivity contribution in [2.75, 3.05) is 0 Å². The Morgan fingerprint density at radius 1 is 1.10 bits per heavy atom. The molecule has 0 aromatic heterocycles. The standard InChI is InChI=1S/C17H16O3/c1-12-4-3-5-15(11-12)20-16-8-6-13(2)10-14(16)7-9-17(18)19/h3-11H,1-2H3,(H,18,19)/b9-7+. The lowest BCUT2D eigenvalue weighted by Crippen LogP contribution is -1.91. The minimum atomic E-state index is -0.979. The predicted molar refractivity (Wildman–Crippen MR) is 79.1 cm³/mol. The van der Waals surface area contributed by atoms with E-state index < -0.39 is 5.97 Å². The lowest BCUT2D eigenvalue weighted by Gasteiger charge is -2.10. The largest absolute Gasteiger partial charge is 0.478 e. The topological polar surface area (TPSA) is 46.5 Å². The smallest absolute Gasteiger partial charge is 0.328 e. The molecule has 2 aromatic rings. The van der Waals surface area contributed by atoms with Crippen LogP contribution in [0.2, 0.25) is 0 Å². The number of hydrogen-bond donors (Lipinski definition) is 1. The third kappa shape index (κ3) is 3.72. The van der Waals surface area contributed by atoms with E-state index in [0.717, 1.165) is 28.5 Å². The fourth-order valence-electron chi connectivity index (χ4n) is 1.86. The molecular formula is C17H16O3. The van der Waals surface area contributed by atoms with Crippen molar-refractivity contribution in [2.45, 2.75) is 13.8 Å². The molecule has 0 bridgehead atoms. The minimum absolute atomic E-state index is 0.638. The maximum Gasteiger partial charge on any atom is 0.328 e. The molecule has 102 valence electrons. The van der Waals surface area contributed by atoms with Gasteiger partial charge in [-0.15, -0.1) is 0 Å². The lowest BCUT2D eigenvalue weighted by atomic mass is 10.1. The van der Waals surface area contributed by atoms with E-state index >= 15 is 0 Å². The summed E-state index contributed by atoms with van der Waals surface area (Å²) in [7, 11) is 0. The number of aryl methyl sites for hydroxylation is 2. The number of carboxylic acids is 1. The molecule has 1 N–H and O–H groups in total. The molecule has 0 aliphatic carbocycles. The van der Waals surface area contributed by atoms with Gasteiger partial charge in [-0.2, -0.15) is 0 Å². The molecule has 20 heavy (non-hydrogen) atoms. The summed E-state index contributed by atoms with van der Waals surface area (Å²) in [6.07, 6.45) is 2.65. The number of ether oxygens (including phenoxy) is 1. The third-order valence-corrected chi connectivity index (χ3v) is 2.79. The second-order valence-electron chi connectivity index (χ2n) is 4.63. The Hall–Kier alpha value is -2.55. The fraction of sp³-hybridized carbons (Fsp3) is 0.118. The highest BCUT2D eigenvalue weighted by molar-refractivity contribution is 5.86. The lowest BCUT2D eigenvalue weighted by molar-refractivity contribution is -0.131. The molecule has 0 amide bonds. The third-order valence-electron chi connectivity index (χ3n) is 2.79. The van der Waals surface area contributed by atoms with Crippen LogP contribution in [0.1, 0.15) is 16.7 Å². The van der Waals surface area contributed by atoms with E-state index in [0.29, 0.717) is 5.75 Å². The van der Waals surface area contributed by atoms with Crippen molar-refractivity contribution in [3.8, 4) is 11.5 Å². The monoisotopic (exact) mass is 268 g/mol. The average Bonchev–Trinajstić information content (AvgIpc) is 2.39. The second-order valence-corrected chi connectivity index (χ2v) is 4.63. The predicted octanol–water partition coefficient (Wildman–Crippen LogP) is 4.19. The Morgan fingerprint density at radius 2 is 1.85 bits per heavy atom. The zero-order valence-corrected chi connectivity index (χ0v) is 11.5. The zero-order chi connectivity index (χ0) is 14.5. The normalized spacial score (nSPS) is 10.7. The minimum Gasteiger partial charge on any atom is -0.478 e. The molecule has 0 spiro atoms. The first-order valence-corrected chi connectivity index (χ1v) is 6.31. The van der Waals surface area contributed by atoms with Gasteiger partial charge in [-0.25, -0.2) is 4.79 Å². The van der Waals surface area contributed by atoms with Crippen LogP contribution < -0.4 is 4.74 Å². The second kappa shape index (κ2) is 6.06. The number of rotatable bonds is 4. The molecule has 0 unspecified atom stereocenters. The van der Waals surface area contributed by atoms with Crippen LogP contribution in [-0.4, -0.2) is 11.1 Å². The van der Waals surface area contributed by atoms with Crippen LogP contribution >= 0.6 is 0 Å². The Labute approximate surface area is 118 Å². The maximum atomic E-state index is 10.6. The van der Waals surface area contributed by atoms with Gasteiger partial charge in [0.25, 0.3) is 0 Å². The highest BCUT2D eigenvalue weighted by atomic mass is 16.5. The summed E-state index contributed by atoms with van der Waals surface area (Å²) in [4.78, 5) is 10.6. The highest BCUT2D eigenvalue weighted by Gasteiger charge is 2.04. The molecular weight excluding hydrogens is 252 g/mol.